The lowest BCUT2D eigenvalue weighted by Gasteiger charge is -2.15. The van der Waals surface area contributed by atoms with Gasteiger partial charge in [-0.3, -0.25) is 4.79 Å². The third-order valence-corrected chi connectivity index (χ3v) is 3.96. The highest BCUT2D eigenvalue weighted by molar-refractivity contribution is 8.00. The summed E-state index contributed by atoms with van der Waals surface area (Å²) in [6.07, 6.45) is 6.03. The van der Waals surface area contributed by atoms with E-state index < -0.39 is 0 Å². The topological polar surface area (TPSA) is 85.8 Å². The van der Waals surface area contributed by atoms with Gasteiger partial charge in [0, 0.05) is 6.04 Å². The molecule has 6 nitrogen and oxygen atoms in total. The normalized spacial score (nSPS) is 18.2. The Morgan fingerprint density at radius 3 is 2.94 bits per heavy atom. The van der Waals surface area contributed by atoms with Crippen LogP contribution < -0.4 is 11.2 Å². The van der Waals surface area contributed by atoms with E-state index in [1.54, 1.807) is 0 Å². The van der Waals surface area contributed by atoms with E-state index in [2.05, 4.69) is 15.5 Å². The van der Waals surface area contributed by atoms with Crippen molar-refractivity contribution in [1.82, 2.24) is 20.2 Å². The zero-order chi connectivity index (χ0) is 12.3. The Kier molecular flexibility index (Phi) is 3.88. The van der Waals surface area contributed by atoms with Crippen LogP contribution in [0.15, 0.2) is 11.5 Å². The molecule has 1 heterocycles. The predicted molar refractivity (Wildman–Crippen MR) is 65.9 cm³/mol. The maximum absolute atomic E-state index is 11.9. The summed E-state index contributed by atoms with van der Waals surface area (Å²) in [5, 5.41) is 10.9. The van der Waals surface area contributed by atoms with Crippen LogP contribution in [0.3, 0.4) is 0 Å². The second-order valence-corrected chi connectivity index (χ2v) is 5.58. The van der Waals surface area contributed by atoms with Gasteiger partial charge in [-0.25, -0.2) is 4.68 Å². The molecule has 1 atom stereocenters. The number of nitrogens with one attached hydrogen (secondary N) is 1. The number of rotatable bonds is 4. The van der Waals surface area contributed by atoms with Crippen LogP contribution in [0, 0.1) is 0 Å². The van der Waals surface area contributed by atoms with Gasteiger partial charge in [-0.2, -0.15) is 0 Å². The Balaban J connectivity index is 1.84. The van der Waals surface area contributed by atoms with E-state index in [1.165, 1.54) is 35.6 Å². The van der Waals surface area contributed by atoms with Crippen LogP contribution in [0.4, 0.5) is 0 Å². The molecule has 0 aromatic carbocycles. The minimum atomic E-state index is -0.206. The van der Waals surface area contributed by atoms with Crippen LogP contribution in [-0.4, -0.2) is 32.1 Å². The van der Waals surface area contributed by atoms with Gasteiger partial charge in [-0.05, 0) is 19.8 Å². The van der Waals surface area contributed by atoms with Crippen LogP contribution in [0.25, 0.3) is 0 Å². The number of thioether (sulfide) groups is 1. The van der Waals surface area contributed by atoms with Crippen molar-refractivity contribution >= 4 is 17.7 Å². The van der Waals surface area contributed by atoms with Crippen molar-refractivity contribution in [2.75, 3.05) is 5.84 Å². The highest BCUT2D eigenvalue weighted by Gasteiger charge is 2.22. The smallest absolute Gasteiger partial charge is 0.233 e. The second-order valence-electron chi connectivity index (χ2n) is 4.27. The monoisotopic (exact) mass is 255 g/mol. The largest absolute Gasteiger partial charge is 0.352 e. The Hall–Kier alpha value is -1.24. The maximum Gasteiger partial charge on any atom is 0.233 e. The fraction of sp³-hybridized carbons (Fsp3) is 0.700. The van der Waals surface area contributed by atoms with Crippen molar-refractivity contribution in [2.24, 2.45) is 0 Å². The molecule has 17 heavy (non-hydrogen) atoms. The summed E-state index contributed by atoms with van der Waals surface area (Å²) in [5.41, 5.74) is 0. The summed E-state index contributed by atoms with van der Waals surface area (Å²) in [6, 6.07) is 0.348. The molecule has 0 radical (unpaired) electrons. The van der Waals surface area contributed by atoms with Crippen LogP contribution in [0.2, 0.25) is 0 Å². The first kappa shape index (κ1) is 12.2. The first-order valence-corrected chi connectivity index (χ1v) is 6.67. The molecule has 1 aliphatic rings. The molecule has 1 amide bonds. The van der Waals surface area contributed by atoms with Crippen molar-refractivity contribution in [3.8, 4) is 0 Å². The van der Waals surface area contributed by atoms with Gasteiger partial charge in [0.05, 0.1) is 5.25 Å². The lowest BCUT2D eigenvalue weighted by Crippen LogP contribution is -2.37. The van der Waals surface area contributed by atoms with E-state index in [-0.39, 0.29) is 11.2 Å². The number of carbonyl (C=O) groups is 1. The quantitative estimate of drug-likeness (QED) is 0.605. The molecule has 0 bridgehead atoms. The third-order valence-electron chi connectivity index (χ3n) is 2.89. The van der Waals surface area contributed by atoms with Gasteiger partial charge >= 0.3 is 0 Å². The molecule has 1 fully saturated rings. The Morgan fingerprint density at radius 2 is 2.35 bits per heavy atom. The molecule has 7 heteroatoms. The number of nitrogens with two attached hydrogens (primary N) is 1. The van der Waals surface area contributed by atoms with Crippen molar-refractivity contribution in [3.05, 3.63) is 6.33 Å². The van der Waals surface area contributed by atoms with Gasteiger partial charge in [0.1, 0.15) is 6.33 Å². The van der Waals surface area contributed by atoms with Crippen molar-refractivity contribution in [1.29, 1.82) is 0 Å². The molecule has 1 aromatic heterocycles. The molecule has 94 valence electrons. The summed E-state index contributed by atoms with van der Waals surface area (Å²) < 4.78 is 1.32. The number of nitrogens with zero attached hydrogens (tertiary/aromatic N) is 3. The predicted octanol–water partition coefficient (Wildman–Crippen LogP) is 0.531. The zero-order valence-electron chi connectivity index (χ0n) is 9.80. The Morgan fingerprint density at radius 1 is 1.65 bits per heavy atom. The third kappa shape index (κ3) is 3.12. The summed E-state index contributed by atoms with van der Waals surface area (Å²) in [6.45, 7) is 1.85. The Bertz CT molecular complexity index is 388. The molecule has 1 saturated carbocycles. The molecule has 0 spiro atoms. The molecular formula is C10H17N5OS. The average Bonchev–Trinajstić information content (AvgIpc) is 2.91. The van der Waals surface area contributed by atoms with Gasteiger partial charge in [0.2, 0.25) is 11.1 Å². The average molecular weight is 255 g/mol. The van der Waals surface area contributed by atoms with E-state index >= 15 is 0 Å². The molecule has 2 rings (SSSR count). The van der Waals surface area contributed by atoms with E-state index in [0.717, 1.165) is 12.8 Å². The standard InChI is InChI=1S/C10H17N5OS/c1-7(17-10-14-12-6-15(10)11)9(16)13-8-4-2-3-5-8/h6-8H,2-5,11H2,1H3,(H,13,16)/t7-/m0/s1. The van der Waals surface area contributed by atoms with Crippen LogP contribution in [-0.2, 0) is 4.79 Å². The van der Waals surface area contributed by atoms with Gasteiger partial charge in [-0.15, -0.1) is 10.2 Å². The molecule has 1 aromatic rings. The Labute approximate surface area is 104 Å². The van der Waals surface area contributed by atoms with E-state index in [9.17, 15) is 4.79 Å². The van der Waals surface area contributed by atoms with Crippen LogP contribution in [0.5, 0.6) is 0 Å². The fourth-order valence-corrected chi connectivity index (χ4v) is 2.67. The highest BCUT2D eigenvalue weighted by Crippen LogP contribution is 2.21. The summed E-state index contributed by atoms with van der Waals surface area (Å²) in [4.78, 5) is 11.9. The molecule has 0 unspecified atom stereocenters. The number of aromatic nitrogens is 3. The van der Waals surface area contributed by atoms with Crippen LogP contribution in [0.1, 0.15) is 32.6 Å². The number of hydrogen-bond donors (Lipinski definition) is 2. The van der Waals surface area contributed by atoms with Gasteiger partial charge in [-0.1, -0.05) is 24.6 Å². The van der Waals surface area contributed by atoms with Gasteiger partial charge in [0.25, 0.3) is 0 Å². The minimum Gasteiger partial charge on any atom is -0.352 e. The van der Waals surface area contributed by atoms with Crippen molar-refractivity contribution in [3.63, 3.8) is 0 Å². The number of amides is 1. The SMILES string of the molecule is C[C@H](Sc1nncn1N)C(=O)NC1CCCC1. The highest BCUT2D eigenvalue weighted by atomic mass is 32.2. The lowest BCUT2D eigenvalue weighted by molar-refractivity contribution is -0.120. The molecular weight excluding hydrogens is 238 g/mol. The number of carbonyl (C=O) groups excluding carboxylic acids is 1. The summed E-state index contributed by atoms with van der Waals surface area (Å²) >= 11 is 1.32. The minimum absolute atomic E-state index is 0.0462. The van der Waals surface area contributed by atoms with Gasteiger partial charge in [0.15, 0.2) is 0 Å². The lowest BCUT2D eigenvalue weighted by atomic mass is 10.2. The van der Waals surface area contributed by atoms with Crippen molar-refractivity contribution in [2.45, 2.75) is 49.1 Å². The molecule has 1 aliphatic carbocycles. The molecule has 0 aliphatic heterocycles. The summed E-state index contributed by atoms with van der Waals surface area (Å²) in [7, 11) is 0. The second kappa shape index (κ2) is 5.39. The molecule has 3 N–H and O–H groups in total. The van der Waals surface area contributed by atoms with Crippen molar-refractivity contribution < 1.29 is 4.79 Å². The number of hydrogen-bond acceptors (Lipinski definition) is 5. The fourth-order valence-electron chi connectivity index (χ4n) is 1.92. The van der Waals surface area contributed by atoms with Gasteiger partial charge < -0.3 is 11.2 Å². The maximum atomic E-state index is 11.9. The number of nitrogen functional groups attached to an aromatic ring is 1. The van der Waals surface area contributed by atoms with E-state index in [0.29, 0.717) is 11.2 Å². The molecule has 0 saturated heterocycles. The summed E-state index contributed by atoms with van der Waals surface area (Å²) in [5.74, 6) is 5.64. The first-order chi connectivity index (χ1) is 8.16. The first-order valence-electron chi connectivity index (χ1n) is 5.79. The zero-order valence-corrected chi connectivity index (χ0v) is 10.6. The van der Waals surface area contributed by atoms with Crippen LogP contribution >= 0.6 is 11.8 Å². The van der Waals surface area contributed by atoms with E-state index in [1.807, 2.05) is 6.92 Å². The van der Waals surface area contributed by atoms with E-state index in [4.69, 9.17) is 5.84 Å².